The van der Waals surface area contributed by atoms with E-state index >= 15 is 0 Å². The molecule has 1 aliphatic heterocycles. The number of thioether (sulfide) groups is 1. The van der Waals surface area contributed by atoms with Crippen molar-refractivity contribution in [2.45, 2.75) is 23.1 Å². The van der Waals surface area contributed by atoms with Crippen LogP contribution in [0.3, 0.4) is 0 Å². The average Bonchev–Trinajstić information content (AvgIpc) is 3.17. The highest BCUT2D eigenvalue weighted by Crippen LogP contribution is 2.36. The van der Waals surface area contributed by atoms with Gasteiger partial charge in [-0.15, -0.1) is 11.8 Å². The first-order chi connectivity index (χ1) is 14.3. The van der Waals surface area contributed by atoms with Gasteiger partial charge in [0.05, 0.1) is 12.8 Å². The summed E-state index contributed by atoms with van der Waals surface area (Å²) in [6.07, 6.45) is 2.69. The molecule has 4 nitrogen and oxygen atoms in total. The Morgan fingerprint density at radius 1 is 0.897 bits per heavy atom. The second kappa shape index (κ2) is 9.81. The Balaban J connectivity index is 1.46. The monoisotopic (exact) mass is 406 g/mol. The third-order valence-electron chi connectivity index (χ3n) is 5.18. The lowest BCUT2D eigenvalue weighted by atomic mass is 10.1. The van der Waals surface area contributed by atoms with E-state index in [1.807, 2.05) is 53.4 Å². The standard InChI is InChI=1S/C24H26N2O2S/c27-24(26-15-8-14-25(16-17-26)19-21-11-7-18-28-21)23(20-9-3-1-4-10-20)29-22-12-5-2-6-13-22/h1-7,9-13,18,23H,8,14-17,19H2. The molecule has 0 aliphatic carbocycles. The zero-order chi connectivity index (χ0) is 19.9. The molecule has 2 heterocycles. The third-order valence-corrected chi connectivity index (χ3v) is 6.44. The van der Waals surface area contributed by atoms with E-state index in [1.54, 1.807) is 18.0 Å². The van der Waals surface area contributed by atoms with Crippen molar-refractivity contribution in [3.05, 3.63) is 90.4 Å². The number of amides is 1. The summed E-state index contributed by atoms with van der Waals surface area (Å²) in [5.41, 5.74) is 1.06. The van der Waals surface area contributed by atoms with Crippen molar-refractivity contribution in [3.63, 3.8) is 0 Å². The van der Waals surface area contributed by atoms with Crippen molar-refractivity contribution in [2.24, 2.45) is 0 Å². The van der Waals surface area contributed by atoms with Crippen LogP contribution in [0.1, 0.15) is 23.0 Å². The predicted molar refractivity (Wildman–Crippen MR) is 117 cm³/mol. The first-order valence-corrected chi connectivity index (χ1v) is 11.0. The lowest BCUT2D eigenvalue weighted by Gasteiger charge is -2.26. The fraction of sp³-hybridized carbons (Fsp3) is 0.292. The van der Waals surface area contributed by atoms with Crippen LogP contribution in [0.2, 0.25) is 0 Å². The number of carbonyl (C=O) groups excluding carboxylic acids is 1. The highest BCUT2D eigenvalue weighted by Gasteiger charge is 2.28. The largest absolute Gasteiger partial charge is 0.468 e. The molecule has 0 radical (unpaired) electrons. The number of furan rings is 1. The maximum atomic E-state index is 13.5. The summed E-state index contributed by atoms with van der Waals surface area (Å²) in [5, 5.41) is -0.227. The fourth-order valence-corrected chi connectivity index (χ4v) is 4.79. The van der Waals surface area contributed by atoms with Crippen LogP contribution < -0.4 is 0 Å². The van der Waals surface area contributed by atoms with Gasteiger partial charge in [-0.2, -0.15) is 0 Å². The summed E-state index contributed by atoms with van der Waals surface area (Å²) in [6.45, 7) is 4.19. The van der Waals surface area contributed by atoms with Crippen molar-refractivity contribution in [1.29, 1.82) is 0 Å². The van der Waals surface area contributed by atoms with Gasteiger partial charge in [0, 0.05) is 31.1 Å². The van der Waals surface area contributed by atoms with Crippen molar-refractivity contribution < 1.29 is 9.21 Å². The summed E-state index contributed by atoms with van der Waals surface area (Å²) < 4.78 is 5.49. The second-order valence-corrected chi connectivity index (χ2v) is 8.43. The van der Waals surface area contributed by atoms with Gasteiger partial charge in [0.2, 0.25) is 5.91 Å². The van der Waals surface area contributed by atoms with Crippen LogP contribution in [0.4, 0.5) is 0 Å². The maximum absolute atomic E-state index is 13.5. The van der Waals surface area contributed by atoms with Gasteiger partial charge in [0.1, 0.15) is 11.0 Å². The molecule has 0 N–H and O–H groups in total. The van der Waals surface area contributed by atoms with Gasteiger partial charge in [-0.3, -0.25) is 9.69 Å². The first kappa shape index (κ1) is 19.8. The van der Waals surface area contributed by atoms with E-state index < -0.39 is 0 Å². The summed E-state index contributed by atoms with van der Waals surface area (Å²) in [4.78, 5) is 19.1. The van der Waals surface area contributed by atoms with Gasteiger partial charge < -0.3 is 9.32 Å². The molecule has 1 saturated heterocycles. The molecule has 0 saturated carbocycles. The molecular formula is C24H26N2O2S. The van der Waals surface area contributed by atoms with Gasteiger partial charge >= 0.3 is 0 Å². The Bertz CT molecular complexity index is 884. The van der Waals surface area contributed by atoms with E-state index in [-0.39, 0.29) is 11.2 Å². The van der Waals surface area contributed by atoms with Crippen LogP contribution in [0.15, 0.2) is 88.4 Å². The number of nitrogens with zero attached hydrogens (tertiary/aromatic N) is 2. The molecular weight excluding hydrogens is 380 g/mol. The molecule has 1 atom stereocenters. The number of rotatable bonds is 6. The van der Waals surface area contributed by atoms with Gasteiger partial charge in [0.25, 0.3) is 0 Å². The van der Waals surface area contributed by atoms with Crippen molar-refractivity contribution in [1.82, 2.24) is 9.80 Å². The molecule has 4 rings (SSSR count). The Morgan fingerprint density at radius 2 is 1.66 bits per heavy atom. The van der Waals surface area contributed by atoms with Crippen molar-refractivity contribution in [2.75, 3.05) is 26.2 Å². The summed E-state index contributed by atoms with van der Waals surface area (Å²) in [6, 6.07) is 24.2. The van der Waals surface area contributed by atoms with E-state index in [9.17, 15) is 4.79 Å². The van der Waals surface area contributed by atoms with Crippen LogP contribution in [0, 0.1) is 0 Å². The molecule has 1 unspecified atom stereocenters. The quantitative estimate of drug-likeness (QED) is 0.549. The van der Waals surface area contributed by atoms with Crippen LogP contribution >= 0.6 is 11.8 Å². The topological polar surface area (TPSA) is 36.7 Å². The van der Waals surface area contributed by atoms with Crippen molar-refractivity contribution in [3.8, 4) is 0 Å². The smallest absolute Gasteiger partial charge is 0.240 e. The summed E-state index contributed by atoms with van der Waals surface area (Å²) in [5.74, 6) is 1.18. The average molecular weight is 407 g/mol. The predicted octanol–water partition coefficient (Wildman–Crippen LogP) is 4.85. The molecule has 0 spiro atoms. The maximum Gasteiger partial charge on any atom is 0.240 e. The van der Waals surface area contributed by atoms with Gasteiger partial charge in [-0.25, -0.2) is 0 Å². The van der Waals surface area contributed by atoms with Crippen LogP contribution in [-0.2, 0) is 11.3 Å². The second-order valence-electron chi connectivity index (χ2n) is 7.26. The molecule has 1 aromatic heterocycles. The zero-order valence-corrected chi connectivity index (χ0v) is 17.3. The lowest BCUT2D eigenvalue weighted by Crippen LogP contribution is -2.37. The molecule has 3 aromatic rings. The molecule has 1 amide bonds. The van der Waals surface area contributed by atoms with E-state index in [2.05, 4.69) is 29.2 Å². The number of benzene rings is 2. The highest BCUT2D eigenvalue weighted by atomic mass is 32.2. The van der Waals surface area contributed by atoms with Gasteiger partial charge in [-0.05, 0) is 36.2 Å². The minimum absolute atomic E-state index is 0.199. The number of hydrogen-bond acceptors (Lipinski definition) is 4. The molecule has 0 bridgehead atoms. The van der Waals surface area contributed by atoms with Gasteiger partial charge in [-0.1, -0.05) is 48.5 Å². The minimum Gasteiger partial charge on any atom is -0.468 e. The Hall–Kier alpha value is -2.50. The summed E-state index contributed by atoms with van der Waals surface area (Å²) >= 11 is 1.64. The Kier molecular flexibility index (Phi) is 6.70. The molecule has 150 valence electrons. The van der Waals surface area contributed by atoms with Crippen molar-refractivity contribution >= 4 is 17.7 Å². The van der Waals surface area contributed by atoms with E-state index in [4.69, 9.17) is 4.42 Å². The number of hydrogen-bond donors (Lipinski definition) is 0. The van der Waals surface area contributed by atoms with Crippen LogP contribution in [0.25, 0.3) is 0 Å². The highest BCUT2D eigenvalue weighted by molar-refractivity contribution is 8.00. The fourth-order valence-electron chi connectivity index (χ4n) is 3.66. The molecule has 29 heavy (non-hydrogen) atoms. The normalized spacial score (nSPS) is 16.3. The molecule has 1 fully saturated rings. The van der Waals surface area contributed by atoms with E-state index in [0.717, 1.165) is 55.4 Å². The first-order valence-electron chi connectivity index (χ1n) is 10.1. The molecule has 2 aromatic carbocycles. The summed E-state index contributed by atoms with van der Waals surface area (Å²) in [7, 11) is 0. The minimum atomic E-state index is -0.227. The van der Waals surface area contributed by atoms with E-state index in [1.165, 1.54) is 0 Å². The zero-order valence-electron chi connectivity index (χ0n) is 16.4. The van der Waals surface area contributed by atoms with E-state index in [0.29, 0.717) is 0 Å². The van der Waals surface area contributed by atoms with Crippen LogP contribution in [-0.4, -0.2) is 41.9 Å². The SMILES string of the molecule is O=C(C(Sc1ccccc1)c1ccccc1)N1CCCN(Cc2ccco2)CC1. The third kappa shape index (κ3) is 5.31. The van der Waals surface area contributed by atoms with Crippen LogP contribution in [0.5, 0.6) is 0 Å². The molecule has 1 aliphatic rings. The number of carbonyl (C=O) groups is 1. The lowest BCUT2D eigenvalue weighted by molar-refractivity contribution is -0.130. The van der Waals surface area contributed by atoms with Gasteiger partial charge in [0.15, 0.2) is 0 Å². The Labute approximate surface area is 176 Å². The molecule has 5 heteroatoms. The Morgan fingerprint density at radius 3 is 2.38 bits per heavy atom.